The monoisotopic (exact) mass is 535 g/mol. The Morgan fingerprint density at radius 2 is 1.07 bits per heavy atom. The molecule has 4 aromatic carbocycles. The summed E-state index contributed by atoms with van der Waals surface area (Å²) in [5.41, 5.74) is 14.0. The highest BCUT2D eigenvalue weighted by atomic mass is 15.1. The van der Waals surface area contributed by atoms with E-state index >= 15 is 0 Å². The Balaban J connectivity index is 1.64. The zero-order valence-corrected chi connectivity index (χ0v) is 24.8. The van der Waals surface area contributed by atoms with Crippen molar-refractivity contribution in [2.24, 2.45) is 0 Å². The minimum absolute atomic E-state index is 0.328. The summed E-state index contributed by atoms with van der Waals surface area (Å²) in [6.45, 7) is 13.3. The molecule has 2 heterocycles. The van der Waals surface area contributed by atoms with E-state index < -0.39 is 0 Å². The Hall–Kier alpha value is -4.50. The lowest BCUT2D eigenvalue weighted by Crippen LogP contribution is -2.09. The van der Waals surface area contributed by atoms with Gasteiger partial charge < -0.3 is 0 Å². The zero-order valence-electron chi connectivity index (χ0n) is 24.8. The lowest BCUT2D eigenvalue weighted by Gasteiger charge is -2.24. The van der Waals surface area contributed by atoms with Crippen LogP contribution in [0.5, 0.6) is 0 Å². The second-order valence-electron chi connectivity index (χ2n) is 11.7. The van der Waals surface area contributed by atoms with E-state index in [2.05, 4.69) is 154 Å². The van der Waals surface area contributed by atoms with Crippen molar-refractivity contribution in [2.75, 3.05) is 0 Å². The molecule has 3 nitrogen and oxygen atoms in total. The van der Waals surface area contributed by atoms with Gasteiger partial charge in [0.2, 0.25) is 0 Å². The molecular weight excluding hydrogens is 498 g/mol. The van der Waals surface area contributed by atoms with Crippen molar-refractivity contribution in [2.45, 2.75) is 53.4 Å². The number of nitrogens with zero attached hydrogens (tertiary/aromatic N) is 3. The van der Waals surface area contributed by atoms with Crippen molar-refractivity contribution in [3.63, 3.8) is 0 Å². The summed E-state index contributed by atoms with van der Waals surface area (Å²) in [5, 5.41) is 0. The molecule has 0 fully saturated rings. The molecule has 0 saturated carbocycles. The van der Waals surface area contributed by atoms with Crippen molar-refractivity contribution >= 4 is 11.0 Å². The molecule has 204 valence electrons. The minimum atomic E-state index is 0.328. The Bertz CT molecular complexity index is 1810. The summed E-state index contributed by atoms with van der Waals surface area (Å²) in [7, 11) is 0. The van der Waals surface area contributed by atoms with E-state index in [9.17, 15) is 0 Å². The van der Waals surface area contributed by atoms with Crippen LogP contribution in [-0.2, 0) is 0 Å². The van der Waals surface area contributed by atoms with Crippen LogP contribution in [0.2, 0.25) is 0 Å². The van der Waals surface area contributed by atoms with Crippen molar-refractivity contribution < 1.29 is 0 Å². The molecule has 6 rings (SSSR count). The van der Waals surface area contributed by atoms with Crippen molar-refractivity contribution in [1.82, 2.24) is 14.5 Å². The lowest BCUT2D eigenvalue weighted by atomic mass is 9.88. The molecule has 2 aromatic heterocycles. The molecule has 41 heavy (non-hydrogen) atoms. The van der Waals surface area contributed by atoms with Gasteiger partial charge in [0, 0.05) is 17.0 Å². The van der Waals surface area contributed by atoms with Crippen molar-refractivity contribution in [3.8, 4) is 39.3 Å². The number of para-hydroxylation sites is 2. The van der Waals surface area contributed by atoms with Gasteiger partial charge in [0.25, 0.3) is 0 Å². The molecule has 6 aromatic rings. The summed E-state index contributed by atoms with van der Waals surface area (Å²) in [6.07, 6.45) is 0. The Morgan fingerprint density at radius 3 is 1.73 bits per heavy atom. The van der Waals surface area contributed by atoms with Crippen LogP contribution in [0.25, 0.3) is 50.4 Å². The predicted molar refractivity (Wildman–Crippen MR) is 173 cm³/mol. The van der Waals surface area contributed by atoms with Crippen LogP contribution in [0.1, 0.15) is 62.0 Å². The van der Waals surface area contributed by atoms with E-state index in [0.29, 0.717) is 11.8 Å². The number of aryl methyl sites for hydroxylation is 2. The lowest BCUT2D eigenvalue weighted by molar-refractivity contribution is 0.811. The molecule has 0 saturated heterocycles. The molecule has 0 atom stereocenters. The number of fused-ring (bicyclic) bond motifs is 1. The first-order valence-corrected chi connectivity index (χ1v) is 14.6. The highest BCUT2D eigenvalue weighted by Gasteiger charge is 2.23. The van der Waals surface area contributed by atoms with Gasteiger partial charge in [-0.3, -0.25) is 9.55 Å². The fourth-order valence-corrected chi connectivity index (χ4v) is 5.90. The maximum absolute atomic E-state index is 5.26. The number of hydrogen-bond acceptors (Lipinski definition) is 2. The van der Waals surface area contributed by atoms with Crippen molar-refractivity contribution in [3.05, 3.63) is 126 Å². The highest BCUT2D eigenvalue weighted by molar-refractivity contribution is 5.86. The minimum Gasteiger partial charge on any atom is -0.292 e. The molecule has 0 amide bonds. The first-order valence-electron chi connectivity index (χ1n) is 14.6. The van der Waals surface area contributed by atoms with E-state index in [-0.39, 0.29) is 0 Å². The van der Waals surface area contributed by atoms with E-state index in [1.165, 1.54) is 39.1 Å². The number of hydrogen-bond donors (Lipinski definition) is 0. The zero-order chi connectivity index (χ0) is 28.7. The molecule has 0 aliphatic carbocycles. The van der Waals surface area contributed by atoms with Gasteiger partial charge in [0.1, 0.15) is 5.82 Å². The molecule has 0 N–H and O–H groups in total. The highest BCUT2D eigenvalue weighted by Crippen LogP contribution is 2.40. The van der Waals surface area contributed by atoms with Crippen LogP contribution in [0.15, 0.2) is 103 Å². The Kier molecular flexibility index (Phi) is 7.05. The number of pyridine rings is 1. The Labute approximate surface area is 243 Å². The molecule has 3 heteroatoms. The fourth-order valence-electron chi connectivity index (χ4n) is 5.90. The molecule has 0 spiro atoms. The van der Waals surface area contributed by atoms with E-state index in [1.54, 1.807) is 0 Å². The van der Waals surface area contributed by atoms with Gasteiger partial charge in [-0.2, -0.15) is 0 Å². The van der Waals surface area contributed by atoms with Gasteiger partial charge in [0.15, 0.2) is 0 Å². The average molecular weight is 536 g/mol. The van der Waals surface area contributed by atoms with Gasteiger partial charge >= 0.3 is 0 Å². The van der Waals surface area contributed by atoms with Gasteiger partial charge in [-0.1, -0.05) is 88.4 Å². The third-order valence-electron chi connectivity index (χ3n) is 7.84. The summed E-state index contributed by atoms with van der Waals surface area (Å²) >= 11 is 0. The van der Waals surface area contributed by atoms with Crippen LogP contribution in [0, 0.1) is 13.8 Å². The van der Waals surface area contributed by atoms with E-state index in [1.807, 2.05) is 0 Å². The maximum atomic E-state index is 5.26. The smallest absolute Gasteiger partial charge is 0.145 e. The second-order valence-corrected chi connectivity index (χ2v) is 11.7. The quantitative estimate of drug-likeness (QED) is 0.212. The molecule has 0 aliphatic rings. The fraction of sp³-hybridized carbons (Fsp3) is 0.211. The summed E-state index contributed by atoms with van der Waals surface area (Å²) in [5.74, 6) is 1.62. The number of imidazole rings is 1. The molecular formula is C38H37N3. The topological polar surface area (TPSA) is 30.7 Å². The largest absolute Gasteiger partial charge is 0.292 e. The summed E-state index contributed by atoms with van der Waals surface area (Å²) in [4.78, 5) is 9.85. The first-order chi connectivity index (χ1) is 19.8. The first kappa shape index (κ1) is 26.7. The third kappa shape index (κ3) is 5.09. The van der Waals surface area contributed by atoms with Gasteiger partial charge in [0.05, 0.1) is 16.7 Å². The van der Waals surface area contributed by atoms with E-state index in [0.717, 1.165) is 33.8 Å². The second kappa shape index (κ2) is 10.8. The summed E-state index contributed by atoms with van der Waals surface area (Å²) < 4.78 is 2.41. The van der Waals surface area contributed by atoms with Crippen LogP contribution in [0.4, 0.5) is 0 Å². The standard InChI is InChI=1S/C38H37N3/c1-24(2)33-22-32(28-13-8-7-9-14-28)23-34(25(3)4)37(33)41-36-18-11-10-17-35(36)40-38(41)30-16-12-15-29(21-30)31-19-26(5)39-27(6)20-31/h7-25H,1-6H3. The third-order valence-corrected chi connectivity index (χ3v) is 7.84. The van der Waals surface area contributed by atoms with Crippen molar-refractivity contribution in [1.29, 1.82) is 0 Å². The molecule has 0 unspecified atom stereocenters. The SMILES string of the molecule is Cc1cc(-c2cccc(-c3nc4ccccc4n3-c3c(C(C)C)cc(-c4ccccc4)cc3C(C)C)c2)cc(C)n1. The average Bonchev–Trinajstić information content (AvgIpc) is 3.36. The van der Waals surface area contributed by atoms with Crippen LogP contribution in [0.3, 0.4) is 0 Å². The van der Waals surface area contributed by atoms with Crippen LogP contribution < -0.4 is 0 Å². The summed E-state index contributed by atoms with van der Waals surface area (Å²) in [6, 6.07) is 37.1. The van der Waals surface area contributed by atoms with Gasteiger partial charge in [-0.15, -0.1) is 0 Å². The van der Waals surface area contributed by atoms with Crippen LogP contribution in [-0.4, -0.2) is 14.5 Å². The predicted octanol–water partition coefficient (Wildman–Crippen LogP) is 10.3. The number of benzene rings is 4. The van der Waals surface area contributed by atoms with E-state index in [4.69, 9.17) is 4.98 Å². The van der Waals surface area contributed by atoms with Gasteiger partial charge in [-0.25, -0.2) is 4.98 Å². The molecule has 0 aliphatic heterocycles. The Morgan fingerprint density at radius 1 is 0.512 bits per heavy atom. The number of rotatable bonds is 6. The number of aromatic nitrogens is 3. The normalized spacial score (nSPS) is 11.6. The molecule has 0 radical (unpaired) electrons. The maximum Gasteiger partial charge on any atom is 0.145 e. The van der Waals surface area contributed by atoms with Crippen LogP contribution >= 0.6 is 0 Å². The van der Waals surface area contributed by atoms with Gasteiger partial charge in [-0.05, 0) is 102 Å². The molecule has 0 bridgehead atoms.